The van der Waals surface area contributed by atoms with Crippen molar-refractivity contribution < 1.29 is 4.52 Å². The van der Waals surface area contributed by atoms with Crippen LogP contribution in [-0.4, -0.2) is 26.9 Å². The minimum absolute atomic E-state index is 0.636. The number of thioether (sulfide) groups is 1. The van der Waals surface area contributed by atoms with Crippen molar-refractivity contribution in [1.29, 1.82) is 0 Å². The van der Waals surface area contributed by atoms with Gasteiger partial charge < -0.3 is 9.84 Å². The number of nitrogens with zero attached hydrogens (tertiary/aromatic N) is 4. The number of anilines is 1. The Kier molecular flexibility index (Phi) is 4.94. The van der Waals surface area contributed by atoms with Crippen LogP contribution in [0.5, 0.6) is 0 Å². The smallest absolute Gasteiger partial charge is 0.237 e. The third kappa shape index (κ3) is 3.67. The van der Waals surface area contributed by atoms with Gasteiger partial charge in [-0.25, -0.2) is 0 Å². The van der Waals surface area contributed by atoms with Gasteiger partial charge in [-0.2, -0.15) is 4.98 Å². The molecule has 0 radical (unpaired) electrons. The van der Waals surface area contributed by atoms with Crippen molar-refractivity contribution in [3.05, 3.63) is 11.7 Å². The predicted molar refractivity (Wildman–Crippen MR) is 71.9 cm³/mol. The molecule has 2 aromatic heterocycles. The highest BCUT2D eigenvalue weighted by atomic mass is 32.2. The molecule has 0 amide bonds. The van der Waals surface area contributed by atoms with E-state index in [9.17, 15) is 0 Å². The molecule has 0 unspecified atom stereocenters. The lowest BCUT2D eigenvalue weighted by atomic mass is 10.3. The van der Waals surface area contributed by atoms with Crippen LogP contribution in [0.15, 0.2) is 8.86 Å². The lowest BCUT2D eigenvalue weighted by Crippen LogP contribution is -1.94. The summed E-state index contributed by atoms with van der Waals surface area (Å²) in [6.07, 6.45) is 1.88. The molecule has 0 aliphatic rings. The second kappa shape index (κ2) is 6.69. The molecule has 1 N–H and O–H groups in total. The second-order valence-corrected chi connectivity index (χ2v) is 5.75. The molecule has 2 heterocycles. The highest BCUT2D eigenvalue weighted by Gasteiger charge is 2.09. The van der Waals surface area contributed by atoms with Crippen LogP contribution < -0.4 is 5.32 Å². The van der Waals surface area contributed by atoms with E-state index in [1.54, 1.807) is 11.8 Å². The Hall–Kier alpha value is -1.15. The predicted octanol–water partition coefficient (Wildman–Crippen LogP) is 2.60. The number of rotatable bonds is 7. The normalized spacial score (nSPS) is 10.8. The van der Waals surface area contributed by atoms with Crippen LogP contribution >= 0.6 is 23.1 Å². The molecule has 2 aromatic rings. The van der Waals surface area contributed by atoms with Crippen LogP contribution in [0.25, 0.3) is 0 Å². The number of aromatic nitrogens is 4. The van der Waals surface area contributed by atoms with Gasteiger partial charge in [-0.3, -0.25) is 0 Å². The van der Waals surface area contributed by atoms with Gasteiger partial charge >= 0.3 is 0 Å². The van der Waals surface area contributed by atoms with Gasteiger partial charge in [-0.05, 0) is 13.3 Å². The first-order valence-electron chi connectivity index (χ1n) is 5.83. The quantitative estimate of drug-likeness (QED) is 0.783. The van der Waals surface area contributed by atoms with Crippen molar-refractivity contribution in [2.75, 3.05) is 11.9 Å². The molecule has 0 aliphatic carbocycles. The third-order valence-corrected chi connectivity index (χ3v) is 4.04. The monoisotopic (exact) mass is 285 g/mol. The molecule has 0 spiro atoms. The van der Waals surface area contributed by atoms with Gasteiger partial charge in [0.05, 0.1) is 5.75 Å². The molecule has 0 saturated heterocycles. The first-order valence-corrected chi connectivity index (χ1v) is 7.63. The summed E-state index contributed by atoms with van der Waals surface area (Å²) in [4.78, 5) is 4.30. The molecule has 18 heavy (non-hydrogen) atoms. The first kappa shape index (κ1) is 13.3. The van der Waals surface area contributed by atoms with Gasteiger partial charge in [0, 0.05) is 13.0 Å². The van der Waals surface area contributed by atoms with Crippen LogP contribution in [-0.2, 0) is 12.2 Å². The fourth-order valence-electron chi connectivity index (χ4n) is 1.29. The summed E-state index contributed by atoms with van der Waals surface area (Å²) in [5, 5.41) is 16.0. The number of aryl methyl sites for hydroxylation is 1. The average molecular weight is 285 g/mol. The van der Waals surface area contributed by atoms with E-state index in [1.165, 1.54) is 11.3 Å². The van der Waals surface area contributed by atoms with Gasteiger partial charge in [0.15, 0.2) is 10.2 Å². The summed E-state index contributed by atoms with van der Waals surface area (Å²) in [5.41, 5.74) is 0. The lowest BCUT2D eigenvalue weighted by Gasteiger charge is -1.92. The van der Waals surface area contributed by atoms with Crippen LogP contribution in [0.4, 0.5) is 5.13 Å². The molecule has 0 saturated carbocycles. The average Bonchev–Trinajstić information content (AvgIpc) is 2.97. The largest absolute Gasteiger partial charge is 0.360 e. The van der Waals surface area contributed by atoms with Gasteiger partial charge in [0.25, 0.3) is 0 Å². The van der Waals surface area contributed by atoms with E-state index in [1.807, 2.05) is 6.92 Å². The van der Waals surface area contributed by atoms with Gasteiger partial charge in [-0.15, -0.1) is 10.2 Å². The van der Waals surface area contributed by atoms with Crippen molar-refractivity contribution >= 4 is 28.2 Å². The second-order valence-electron chi connectivity index (χ2n) is 3.55. The fourth-order valence-corrected chi connectivity index (χ4v) is 2.95. The van der Waals surface area contributed by atoms with Crippen molar-refractivity contribution in [3.8, 4) is 0 Å². The number of hydrogen-bond acceptors (Lipinski definition) is 8. The SMILES string of the molecule is CCCc1noc(CSc2nnc(NCC)s2)n1. The Balaban J connectivity index is 1.85. The molecule has 2 rings (SSSR count). The molecule has 98 valence electrons. The molecule has 0 aliphatic heterocycles. The molecular weight excluding hydrogens is 270 g/mol. The van der Waals surface area contributed by atoms with Gasteiger partial charge in [-0.1, -0.05) is 35.2 Å². The minimum atomic E-state index is 0.636. The Morgan fingerprint density at radius 3 is 3.00 bits per heavy atom. The van der Waals surface area contributed by atoms with Crippen LogP contribution in [0, 0.1) is 0 Å². The van der Waals surface area contributed by atoms with E-state index < -0.39 is 0 Å². The Morgan fingerprint density at radius 1 is 1.33 bits per heavy atom. The topological polar surface area (TPSA) is 76.7 Å². The van der Waals surface area contributed by atoms with E-state index in [0.717, 1.165) is 34.7 Å². The van der Waals surface area contributed by atoms with Crippen LogP contribution in [0.3, 0.4) is 0 Å². The van der Waals surface area contributed by atoms with Gasteiger partial charge in [0.1, 0.15) is 0 Å². The number of hydrogen-bond donors (Lipinski definition) is 1. The Bertz CT molecular complexity index is 440. The summed E-state index contributed by atoms with van der Waals surface area (Å²) < 4.78 is 6.06. The van der Waals surface area contributed by atoms with E-state index in [4.69, 9.17) is 4.52 Å². The minimum Gasteiger partial charge on any atom is -0.360 e. The van der Waals surface area contributed by atoms with E-state index in [0.29, 0.717) is 11.6 Å². The zero-order chi connectivity index (χ0) is 12.8. The zero-order valence-corrected chi connectivity index (χ0v) is 12.0. The van der Waals surface area contributed by atoms with Gasteiger partial charge in [0.2, 0.25) is 11.0 Å². The maximum atomic E-state index is 5.15. The summed E-state index contributed by atoms with van der Waals surface area (Å²) in [6.45, 7) is 4.97. The van der Waals surface area contributed by atoms with E-state index in [-0.39, 0.29) is 0 Å². The fraction of sp³-hybridized carbons (Fsp3) is 0.600. The summed E-state index contributed by atoms with van der Waals surface area (Å²) in [7, 11) is 0. The lowest BCUT2D eigenvalue weighted by molar-refractivity contribution is 0.384. The summed E-state index contributed by atoms with van der Waals surface area (Å²) in [5.74, 6) is 2.06. The Labute approximate surface area is 114 Å². The molecule has 0 atom stereocenters. The van der Waals surface area contributed by atoms with Crippen molar-refractivity contribution in [1.82, 2.24) is 20.3 Å². The molecule has 8 heteroatoms. The molecule has 0 aromatic carbocycles. The maximum absolute atomic E-state index is 5.15. The molecular formula is C10H15N5OS2. The Morgan fingerprint density at radius 2 is 2.22 bits per heavy atom. The first-order chi connectivity index (χ1) is 8.81. The molecule has 6 nitrogen and oxygen atoms in total. The van der Waals surface area contributed by atoms with E-state index in [2.05, 4.69) is 32.6 Å². The number of nitrogens with one attached hydrogen (secondary N) is 1. The highest BCUT2D eigenvalue weighted by Crippen LogP contribution is 2.27. The highest BCUT2D eigenvalue weighted by molar-refractivity contribution is 8.00. The van der Waals surface area contributed by atoms with E-state index >= 15 is 0 Å². The summed E-state index contributed by atoms with van der Waals surface area (Å²) >= 11 is 3.09. The molecule has 0 bridgehead atoms. The zero-order valence-electron chi connectivity index (χ0n) is 10.3. The standard InChI is InChI=1S/C10H15N5OS2/c1-3-5-7-12-8(16-15-7)6-17-10-14-13-9(18-10)11-4-2/h3-6H2,1-2H3,(H,11,13). The van der Waals surface area contributed by atoms with Crippen LogP contribution in [0.1, 0.15) is 32.0 Å². The van der Waals surface area contributed by atoms with Crippen LogP contribution in [0.2, 0.25) is 0 Å². The van der Waals surface area contributed by atoms with Crippen molar-refractivity contribution in [2.45, 2.75) is 36.8 Å². The van der Waals surface area contributed by atoms with Crippen molar-refractivity contribution in [2.24, 2.45) is 0 Å². The third-order valence-electron chi connectivity index (χ3n) is 2.04. The molecule has 0 fully saturated rings. The summed E-state index contributed by atoms with van der Waals surface area (Å²) in [6, 6.07) is 0. The maximum Gasteiger partial charge on any atom is 0.237 e. The van der Waals surface area contributed by atoms with Crippen molar-refractivity contribution in [3.63, 3.8) is 0 Å².